The maximum atomic E-state index is 4.32. The van der Waals surface area contributed by atoms with Crippen LogP contribution in [-0.4, -0.2) is 62.6 Å². The highest BCUT2D eigenvalue weighted by Gasteiger charge is 2.05. The van der Waals surface area contributed by atoms with Crippen LogP contribution in [0.4, 0.5) is 0 Å². The molecule has 0 rings (SSSR count). The lowest BCUT2D eigenvalue weighted by atomic mass is 10.3. The standard InChI is InChI=1S/C14H32N4/c1-6-9-12-17(5)14(15-4)16-10-13-18(8-3)11-7-2/h6-13H2,1-5H3,(H,15,16). The molecule has 0 aliphatic heterocycles. The van der Waals surface area contributed by atoms with Crippen molar-refractivity contribution in [3.63, 3.8) is 0 Å². The summed E-state index contributed by atoms with van der Waals surface area (Å²) in [4.78, 5) is 9.00. The van der Waals surface area contributed by atoms with Crippen molar-refractivity contribution in [3.05, 3.63) is 0 Å². The molecule has 0 saturated heterocycles. The molecule has 0 aromatic heterocycles. The first kappa shape index (κ1) is 17.2. The first-order valence-corrected chi connectivity index (χ1v) is 7.33. The number of hydrogen-bond acceptors (Lipinski definition) is 2. The maximum absolute atomic E-state index is 4.32. The Balaban J connectivity index is 3.93. The average Bonchev–Trinajstić information content (AvgIpc) is 2.39. The van der Waals surface area contributed by atoms with Gasteiger partial charge in [-0.15, -0.1) is 0 Å². The van der Waals surface area contributed by atoms with E-state index >= 15 is 0 Å². The molecule has 18 heavy (non-hydrogen) atoms. The largest absolute Gasteiger partial charge is 0.355 e. The highest BCUT2D eigenvalue weighted by molar-refractivity contribution is 5.79. The average molecular weight is 256 g/mol. The Morgan fingerprint density at radius 3 is 2.28 bits per heavy atom. The van der Waals surface area contributed by atoms with Crippen LogP contribution in [0.5, 0.6) is 0 Å². The van der Waals surface area contributed by atoms with Crippen molar-refractivity contribution in [1.82, 2.24) is 15.1 Å². The molecule has 108 valence electrons. The van der Waals surface area contributed by atoms with Crippen molar-refractivity contribution >= 4 is 5.96 Å². The molecular formula is C14H32N4. The Kier molecular flexibility index (Phi) is 10.8. The minimum atomic E-state index is 0.969. The lowest BCUT2D eigenvalue weighted by Gasteiger charge is -2.24. The summed E-state index contributed by atoms with van der Waals surface area (Å²) in [7, 11) is 3.96. The van der Waals surface area contributed by atoms with Gasteiger partial charge in [-0.05, 0) is 25.9 Å². The number of guanidine groups is 1. The van der Waals surface area contributed by atoms with Gasteiger partial charge in [-0.1, -0.05) is 27.2 Å². The minimum Gasteiger partial charge on any atom is -0.355 e. The molecule has 0 saturated carbocycles. The molecule has 0 spiro atoms. The fourth-order valence-corrected chi connectivity index (χ4v) is 1.96. The van der Waals surface area contributed by atoms with Crippen LogP contribution in [0.25, 0.3) is 0 Å². The minimum absolute atomic E-state index is 0.969. The van der Waals surface area contributed by atoms with Gasteiger partial charge >= 0.3 is 0 Å². The van der Waals surface area contributed by atoms with Gasteiger partial charge in [0, 0.05) is 33.7 Å². The SMILES string of the molecule is CCCCN(C)C(=NC)NCCN(CC)CCC. The quantitative estimate of drug-likeness (QED) is 0.506. The Labute approximate surface area is 113 Å². The maximum Gasteiger partial charge on any atom is 0.193 e. The molecule has 0 amide bonds. The van der Waals surface area contributed by atoms with Gasteiger partial charge in [-0.2, -0.15) is 0 Å². The third-order valence-corrected chi connectivity index (χ3v) is 3.12. The number of likely N-dealkylation sites (N-methyl/N-ethyl adjacent to an activating group) is 1. The molecule has 0 aromatic carbocycles. The van der Waals surface area contributed by atoms with Crippen LogP contribution >= 0.6 is 0 Å². The van der Waals surface area contributed by atoms with E-state index in [1.807, 2.05) is 7.05 Å². The molecule has 0 atom stereocenters. The molecule has 0 aliphatic rings. The normalized spacial score (nSPS) is 12.0. The van der Waals surface area contributed by atoms with E-state index in [-0.39, 0.29) is 0 Å². The van der Waals surface area contributed by atoms with Crippen molar-refractivity contribution in [3.8, 4) is 0 Å². The van der Waals surface area contributed by atoms with Gasteiger partial charge in [-0.25, -0.2) is 0 Å². The van der Waals surface area contributed by atoms with Crippen LogP contribution in [0.2, 0.25) is 0 Å². The predicted molar refractivity (Wildman–Crippen MR) is 81.3 cm³/mol. The van der Waals surface area contributed by atoms with Gasteiger partial charge in [0.1, 0.15) is 0 Å². The first-order chi connectivity index (χ1) is 8.69. The zero-order valence-electron chi connectivity index (χ0n) is 13.0. The summed E-state index contributed by atoms with van der Waals surface area (Å²) >= 11 is 0. The number of rotatable bonds is 9. The zero-order chi connectivity index (χ0) is 13.8. The molecule has 4 heteroatoms. The lowest BCUT2D eigenvalue weighted by Crippen LogP contribution is -2.43. The molecule has 0 fully saturated rings. The summed E-state index contributed by atoms with van der Waals surface area (Å²) in [5.41, 5.74) is 0. The molecular weight excluding hydrogens is 224 g/mol. The van der Waals surface area contributed by atoms with E-state index in [0.717, 1.165) is 32.1 Å². The Bertz CT molecular complexity index is 216. The fraction of sp³-hybridized carbons (Fsp3) is 0.929. The second-order valence-corrected chi connectivity index (χ2v) is 4.68. The molecule has 0 heterocycles. The number of nitrogens with zero attached hydrogens (tertiary/aromatic N) is 3. The molecule has 4 nitrogen and oxygen atoms in total. The summed E-state index contributed by atoms with van der Waals surface area (Å²) in [6, 6.07) is 0. The number of nitrogens with one attached hydrogen (secondary N) is 1. The van der Waals surface area contributed by atoms with Gasteiger partial charge in [0.25, 0.3) is 0 Å². The fourth-order valence-electron chi connectivity index (χ4n) is 1.96. The van der Waals surface area contributed by atoms with Crippen molar-refractivity contribution < 1.29 is 0 Å². The van der Waals surface area contributed by atoms with Crippen LogP contribution in [0.3, 0.4) is 0 Å². The summed E-state index contributed by atoms with van der Waals surface area (Å²) in [5.74, 6) is 1.01. The van der Waals surface area contributed by atoms with Crippen LogP contribution in [0, 0.1) is 0 Å². The summed E-state index contributed by atoms with van der Waals surface area (Å²) in [6.07, 6.45) is 3.66. The van der Waals surface area contributed by atoms with E-state index < -0.39 is 0 Å². The van der Waals surface area contributed by atoms with Crippen LogP contribution < -0.4 is 5.32 Å². The summed E-state index contributed by atoms with van der Waals surface area (Å²) < 4.78 is 0. The molecule has 0 unspecified atom stereocenters. The molecule has 0 aromatic rings. The second kappa shape index (κ2) is 11.3. The number of unbranched alkanes of at least 4 members (excludes halogenated alkanes) is 1. The topological polar surface area (TPSA) is 30.9 Å². The van der Waals surface area contributed by atoms with E-state index in [0.29, 0.717) is 0 Å². The third-order valence-electron chi connectivity index (χ3n) is 3.12. The van der Waals surface area contributed by atoms with Crippen molar-refractivity contribution in [2.75, 3.05) is 46.8 Å². The Morgan fingerprint density at radius 2 is 1.78 bits per heavy atom. The lowest BCUT2D eigenvalue weighted by molar-refractivity contribution is 0.291. The van der Waals surface area contributed by atoms with E-state index in [1.54, 1.807) is 0 Å². The zero-order valence-corrected chi connectivity index (χ0v) is 13.0. The Hall–Kier alpha value is -0.770. The molecule has 0 bridgehead atoms. The molecule has 0 radical (unpaired) electrons. The van der Waals surface area contributed by atoms with Gasteiger partial charge in [0.2, 0.25) is 0 Å². The summed E-state index contributed by atoms with van der Waals surface area (Å²) in [6.45, 7) is 12.1. The van der Waals surface area contributed by atoms with E-state index in [9.17, 15) is 0 Å². The van der Waals surface area contributed by atoms with Gasteiger partial charge < -0.3 is 15.1 Å². The van der Waals surface area contributed by atoms with E-state index in [2.05, 4.69) is 47.9 Å². The van der Waals surface area contributed by atoms with Crippen molar-refractivity contribution in [1.29, 1.82) is 0 Å². The highest BCUT2D eigenvalue weighted by atomic mass is 15.3. The van der Waals surface area contributed by atoms with Gasteiger partial charge in [0.05, 0.1) is 0 Å². The molecule has 0 aliphatic carbocycles. The van der Waals surface area contributed by atoms with Crippen LogP contribution in [0.15, 0.2) is 4.99 Å². The first-order valence-electron chi connectivity index (χ1n) is 7.33. The van der Waals surface area contributed by atoms with Crippen molar-refractivity contribution in [2.24, 2.45) is 4.99 Å². The summed E-state index contributed by atoms with van der Waals surface area (Å²) in [5, 5.41) is 3.44. The second-order valence-electron chi connectivity index (χ2n) is 4.68. The highest BCUT2D eigenvalue weighted by Crippen LogP contribution is 1.93. The Morgan fingerprint density at radius 1 is 1.06 bits per heavy atom. The third kappa shape index (κ3) is 7.54. The molecule has 1 N–H and O–H groups in total. The van der Waals surface area contributed by atoms with Crippen LogP contribution in [-0.2, 0) is 0 Å². The monoisotopic (exact) mass is 256 g/mol. The smallest absolute Gasteiger partial charge is 0.193 e. The van der Waals surface area contributed by atoms with E-state index in [1.165, 1.54) is 25.8 Å². The van der Waals surface area contributed by atoms with Gasteiger partial charge in [-0.3, -0.25) is 4.99 Å². The van der Waals surface area contributed by atoms with Crippen LogP contribution in [0.1, 0.15) is 40.0 Å². The van der Waals surface area contributed by atoms with Crippen molar-refractivity contribution in [2.45, 2.75) is 40.0 Å². The number of hydrogen-bond donors (Lipinski definition) is 1. The van der Waals surface area contributed by atoms with E-state index in [4.69, 9.17) is 0 Å². The van der Waals surface area contributed by atoms with Gasteiger partial charge in [0.15, 0.2) is 5.96 Å². The number of aliphatic imine (C=N–C) groups is 1. The predicted octanol–water partition coefficient (Wildman–Crippen LogP) is 2.03.